The fraction of sp³-hybridized carbons (Fsp3) is 0.278. The van der Waals surface area contributed by atoms with Gasteiger partial charge in [0.15, 0.2) is 11.5 Å². The molecule has 0 saturated heterocycles. The maximum atomic E-state index is 12.6. The van der Waals surface area contributed by atoms with Gasteiger partial charge in [-0.1, -0.05) is 11.6 Å². The van der Waals surface area contributed by atoms with Crippen molar-refractivity contribution in [3.05, 3.63) is 40.9 Å². The van der Waals surface area contributed by atoms with Crippen molar-refractivity contribution in [1.82, 2.24) is 0 Å². The highest BCUT2D eigenvalue weighted by Gasteiger charge is 2.17. The summed E-state index contributed by atoms with van der Waals surface area (Å²) in [6, 6.07) is 6.91. The van der Waals surface area contributed by atoms with E-state index >= 15 is 0 Å². The van der Waals surface area contributed by atoms with Crippen LogP contribution in [-0.4, -0.2) is 33.3 Å². The van der Waals surface area contributed by atoms with Gasteiger partial charge in [-0.25, -0.2) is 0 Å². The molecule has 0 heterocycles. The van der Waals surface area contributed by atoms with Gasteiger partial charge in [0.05, 0.1) is 31.5 Å². The fourth-order valence-corrected chi connectivity index (χ4v) is 2.49. The highest BCUT2D eigenvalue weighted by Crippen LogP contribution is 2.36. The van der Waals surface area contributed by atoms with Gasteiger partial charge in [0.1, 0.15) is 11.5 Å². The number of methoxy groups -OCH3 is 2. The summed E-state index contributed by atoms with van der Waals surface area (Å²) in [7, 11) is 2.87. The Labute approximate surface area is 159 Å². The number of hydrogen-bond donors (Lipinski definition) is 1. The first-order valence-electron chi connectivity index (χ1n) is 7.84. The average Bonchev–Trinajstić information content (AvgIpc) is 2.63. The van der Waals surface area contributed by atoms with Crippen LogP contribution in [0.15, 0.2) is 30.3 Å². The highest BCUT2D eigenvalue weighted by atomic mass is 35.5. The lowest BCUT2D eigenvalue weighted by atomic mass is 10.1. The van der Waals surface area contributed by atoms with E-state index in [4.69, 9.17) is 25.8 Å². The molecule has 0 aliphatic carbocycles. The minimum Gasteiger partial charge on any atom is -0.495 e. The molecule has 1 N–H and O–H groups in total. The van der Waals surface area contributed by atoms with Gasteiger partial charge < -0.3 is 24.3 Å². The zero-order valence-electron chi connectivity index (χ0n) is 14.8. The Morgan fingerprint density at radius 3 is 2.37 bits per heavy atom. The quantitative estimate of drug-likeness (QED) is 0.699. The third-order valence-corrected chi connectivity index (χ3v) is 3.74. The van der Waals surface area contributed by atoms with Crippen molar-refractivity contribution in [2.75, 3.05) is 26.1 Å². The molecule has 2 rings (SSSR count). The zero-order chi connectivity index (χ0) is 20.0. The summed E-state index contributed by atoms with van der Waals surface area (Å²) in [5, 5.41) is 2.98. The molecule has 2 aromatic rings. The lowest BCUT2D eigenvalue weighted by Gasteiger charge is -2.15. The molecular formula is C18H18ClF2NO5. The first kappa shape index (κ1) is 20.6. The molecule has 2 aromatic carbocycles. The largest absolute Gasteiger partial charge is 0.495 e. The summed E-state index contributed by atoms with van der Waals surface area (Å²) in [5.41, 5.74) is 0.505. The predicted molar refractivity (Wildman–Crippen MR) is 96.8 cm³/mol. The number of halogens is 3. The van der Waals surface area contributed by atoms with E-state index in [1.54, 1.807) is 6.92 Å². The summed E-state index contributed by atoms with van der Waals surface area (Å²) in [4.78, 5) is 12.6. The van der Waals surface area contributed by atoms with E-state index in [1.165, 1.54) is 44.6 Å². The summed E-state index contributed by atoms with van der Waals surface area (Å²) in [6.45, 7) is -1.11. The molecular weight excluding hydrogens is 384 g/mol. The molecule has 146 valence electrons. The van der Waals surface area contributed by atoms with E-state index in [9.17, 15) is 13.6 Å². The first-order chi connectivity index (χ1) is 12.9. The van der Waals surface area contributed by atoms with Crippen molar-refractivity contribution >= 4 is 23.2 Å². The normalized spacial score (nSPS) is 10.5. The van der Waals surface area contributed by atoms with Gasteiger partial charge in [-0.3, -0.25) is 4.79 Å². The van der Waals surface area contributed by atoms with Gasteiger partial charge in [0.25, 0.3) is 5.91 Å². The molecule has 0 spiro atoms. The summed E-state index contributed by atoms with van der Waals surface area (Å²) >= 11 is 6.04. The molecule has 0 aliphatic heterocycles. The second-order valence-corrected chi connectivity index (χ2v) is 5.52. The van der Waals surface area contributed by atoms with Crippen LogP contribution in [0.3, 0.4) is 0 Å². The predicted octanol–water partition coefficient (Wildman–Crippen LogP) is 4.61. The molecule has 0 fully saturated rings. The van der Waals surface area contributed by atoms with Crippen LogP contribution >= 0.6 is 11.6 Å². The van der Waals surface area contributed by atoms with Gasteiger partial charge in [-0.15, -0.1) is 0 Å². The molecule has 0 atom stereocenters. The van der Waals surface area contributed by atoms with E-state index in [1.807, 2.05) is 0 Å². The number of carbonyl (C=O) groups excluding carboxylic acids is 1. The molecule has 0 unspecified atom stereocenters. The van der Waals surface area contributed by atoms with Crippen molar-refractivity contribution in [2.24, 2.45) is 0 Å². The molecule has 9 heteroatoms. The fourth-order valence-electron chi connectivity index (χ4n) is 2.26. The van der Waals surface area contributed by atoms with Gasteiger partial charge in [-0.2, -0.15) is 8.78 Å². The van der Waals surface area contributed by atoms with E-state index in [2.05, 4.69) is 10.1 Å². The average molecular weight is 402 g/mol. The lowest BCUT2D eigenvalue weighted by molar-refractivity contribution is -0.0514. The number of nitrogens with one attached hydrogen (secondary N) is 1. The maximum Gasteiger partial charge on any atom is 0.387 e. The van der Waals surface area contributed by atoms with E-state index in [-0.39, 0.29) is 23.7 Å². The number of anilines is 1. The topological polar surface area (TPSA) is 66.0 Å². The van der Waals surface area contributed by atoms with Crippen molar-refractivity contribution in [3.63, 3.8) is 0 Å². The zero-order valence-corrected chi connectivity index (χ0v) is 15.6. The van der Waals surface area contributed by atoms with Crippen molar-refractivity contribution in [2.45, 2.75) is 13.5 Å². The molecule has 0 radical (unpaired) electrons. The van der Waals surface area contributed by atoms with Crippen LogP contribution in [0, 0.1) is 0 Å². The van der Waals surface area contributed by atoms with Crippen molar-refractivity contribution in [1.29, 1.82) is 0 Å². The maximum absolute atomic E-state index is 12.6. The smallest absolute Gasteiger partial charge is 0.387 e. The Hall–Kier alpha value is -2.74. The minimum absolute atomic E-state index is 0.0334. The van der Waals surface area contributed by atoms with Crippen LogP contribution in [0.25, 0.3) is 0 Å². The van der Waals surface area contributed by atoms with Crippen LogP contribution in [0.4, 0.5) is 14.5 Å². The van der Waals surface area contributed by atoms with Gasteiger partial charge in [0, 0.05) is 17.7 Å². The number of benzene rings is 2. The summed E-state index contributed by atoms with van der Waals surface area (Å²) in [5.74, 6) is 0.0442. The number of amides is 1. The van der Waals surface area contributed by atoms with Crippen LogP contribution in [0.1, 0.15) is 17.3 Å². The number of rotatable bonds is 8. The lowest BCUT2D eigenvalue weighted by Crippen LogP contribution is -2.13. The van der Waals surface area contributed by atoms with Crippen LogP contribution in [-0.2, 0) is 0 Å². The van der Waals surface area contributed by atoms with E-state index in [0.29, 0.717) is 22.2 Å². The molecule has 0 saturated carbocycles. The molecule has 0 bridgehead atoms. The summed E-state index contributed by atoms with van der Waals surface area (Å²) < 4.78 is 45.0. The second kappa shape index (κ2) is 9.27. The molecule has 0 aliphatic rings. The molecule has 6 nitrogen and oxygen atoms in total. The third-order valence-electron chi connectivity index (χ3n) is 3.44. The minimum atomic E-state index is -3.00. The number of hydrogen-bond acceptors (Lipinski definition) is 5. The Kier molecular flexibility index (Phi) is 7.06. The van der Waals surface area contributed by atoms with Crippen LogP contribution in [0.5, 0.6) is 23.0 Å². The Morgan fingerprint density at radius 1 is 1.07 bits per heavy atom. The van der Waals surface area contributed by atoms with Crippen molar-refractivity contribution in [3.8, 4) is 23.0 Å². The monoisotopic (exact) mass is 401 g/mol. The van der Waals surface area contributed by atoms with Crippen LogP contribution in [0.2, 0.25) is 5.02 Å². The number of carbonyl (C=O) groups is 1. The van der Waals surface area contributed by atoms with E-state index < -0.39 is 12.5 Å². The Morgan fingerprint density at radius 2 is 1.78 bits per heavy atom. The Bertz CT molecular complexity index is 817. The van der Waals surface area contributed by atoms with Gasteiger partial charge in [-0.05, 0) is 25.1 Å². The highest BCUT2D eigenvalue weighted by molar-refractivity contribution is 6.32. The molecule has 27 heavy (non-hydrogen) atoms. The van der Waals surface area contributed by atoms with Gasteiger partial charge >= 0.3 is 6.61 Å². The summed E-state index contributed by atoms with van der Waals surface area (Å²) in [6.07, 6.45) is 0. The number of alkyl halides is 2. The van der Waals surface area contributed by atoms with Crippen molar-refractivity contribution < 1.29 is 32.5 Å². The first-order valence-corrected chi connectivity index (χ1v) is 8.21. The second-order valence-electron chi connectivity index (χ2n) is 5.11. The van der Waals surface area contributed by atoms with E-state index in [0.717, 1.165) is 0 Å². The molecule has 0 aromatic heterocycles. The molecule has 1 amide bonds. The van der Waals surface area contributed by atoms with Gasteiger partial charge in [0.2, 0.25) is 0 Å². The third kappa shape index (κ3) is 5.13. The Balaban J connectivity index is 2.31. The number of ether oxygens (including phenoxy) is 4. The standard InChI is InChI=1S/C18H18ClF2NO5/c1-4-26-16-7-10(5-6-13(16)27-18(20)21)17(23)22-12-9-14(24-2)11(19)8-15(12)25-3/h5-9,18H,4H2,1-3H3,(H,22,23). The SMILES string of the molecule is CCOc1cc(C(=O)Nc2cc(OC)c(Cl)cc2OC)ccc1OC(F)F. The van der Waals surface area contributed by atoms with Crippen LogP contribution < -0.4 is 24.3 Å².